The molecule has 2 aromatic rings. The highest BCUT2D eigenvalue weighted by Gasteiger charge is 2.39. The predicted molar refractivity (Wildman–Crippen MR) is 108 cm³/mol. The Balaban J connectivity index is 2.00. The van der Waals surface area contributed by atoms with Crippen LogP contribution in [-0.2, 0) is 26.0 Å². The Morgan fingerprint density at radius 2 is 1.59 bits per heavy atom. The summed E-state index contributed by atoms with van der Waals surface area (Å²) in [6, 6.07) is 7.00. The van der Waals surface area contributed by atoms with Crippen LogP contribution in [0.3, 0.4) is 0 Å². The molecule has 0 bridgehead atoms. The number of rotatable bonds is 5. The Bertz CT molecular complexity index is 1340. The van der Waals surface area contributed by atoms with Crippen molar-refractivity contribution in [3.63, 3.8) is 0 Å². The van der Waals surface area contributed by atoms with E-state index in [1.54, 1.807) is 6.07 Å². The number of likely N-dealkylation sites (tertiary alicyclic amines) is 1. The molecule has 182 valence electrons. The van der Waals surface area contributed by atoms with Crippen LogP contribution >= 0.6 is 0 Å². The molecule has 1 saturated heterocycles. The first-order valence-electron chi connectivity index (χ1n) is 9.70. The van der Waals surface area contributed by atoms with Gasteiger partial charge in [-0.3, -0.25) is 0 Å². The number of carbonyl (C=O) groups excluding carboxylic acids is 1. The van der Waals surface area contributed by atoms with Crippen molar-refractivity contribution in [1.82, 2.24) is 9.62 Å². The number of carboxylic acid groups (broad SMARTS) is 1. The van der Waals surface area contributed by atoms with Gasteiger partial charge in [-0.2, -0.15) is 18.4 Å². The fourth-order valence-corrected chi connectivity index (χ4v) is 6.35. The normalized spacial score (nSPS) is 15.6. The van der Waals surface area contributed by atoms with Crippen LogP contribution in [0, 0.1) is 11.3 Å². The minimum Gasteiger partial charge on any atom is -0.530 e. The predicted octanol–water partition coefficient (Wildman–Crippen LogP) is 1.50. The molecule has 1 fully saturated rings. The zero-order chi connectivity index (χ0) is 25.3. The van der Waals surface area contributed by atoms with Crippen LogP contribution in [-0.4, -0.2) is 47.0 Å². The number of sulfonamides is 1. The summed E-state index contributed by atoms with van der Waals surface area (Å²) in [5, 5.41) is 19.7. The molecule has 0 saturated carbocycles. The molecule has 0 spiro atoms. The molecule has 0 aromatic heterocycles. The Labute approximate surface area is 193 Å². The van der Waals surface area contributed by atoms with Gasteiger partial charge in [0.05, 0.1) is 31.9 Å². The van der Waals surface area contributed by atoms with Gasteiger partial charge in [-0.25, -0.2) is 21.6 Å². The van der Waals surface area contributed by atoms with Crippen molar-refractivity contribution in [2.24, 2.45) is 0 Å². The highest BCUT2D eigenvalue weighted by molar-refractivity contribution is 7.91. The summed E-state index contributed by atoms with van der Waals surface area (Å²) in [5.74, 6) is 0. The molecule has 2 aromatic carbocycles. The van der Waals surface area contributed by atoms with Crippen LogP contribution in [0.25, 0.3) is 0 Å². The van der Waals surface area contributed by atoms with E-state index in [-0.39, 0.29) is 36.4 Å². The molecule has 3 rings (SSSR count). The Morgan fingerprint density at radius 1 is 1.03 bits per heavy atom. The molecule has 0 unspecified atom stereocenters. The van der Waals surface area contributed by atoms with Crippen LogP contribution in [0.1, 0.15) is 24.0 Å². The molecule has 9 nitrogen and oxygen atoms in total. The van der Waals surface area contributed by atoms with E-state index in [0.717, 1.165) is 17.0 Å². The highest BCUT2D eigenvalue weighted by Crippen LogP contribution is 2.36. The molecule has 0 radical (unpaired) electrons. The van der Waals surface area contributed by atoms with Crippen molar-refractivity contribution in [2.45, 2.75) is 39.7 Å². The number of halogens is 3. The molecule has 1 amide bonds. The third kappa shape index (κ3) is 5.32. The molecule has 14 heteroatoms. The fourth-order valence-electron chi connectivity index (χ4n) is 3.43. The summed E-state index contributed by atoms with van der Waals surface area (Å²) in [4.78, 5) is 9.54. The monoisotopic (exact) mass is 516 g/mol. The maximum atomic E-state index is 13.6. The van der Waals surface area contributed by atoms with E-state index >= 15 is 0 Å². The summed E-state index contributed by atoms with van der Waals surface area (Å²) in [7, 11) is -9.25. The average molecular weight is 516 g/mol. The average Bonchev–Trinajstić information content (AvgIpc) is 2.78. The second kappa shape index (κ2) is 9.24. The van der Waals surface area contributed by atoms with Crippen molar-refractivity contribution < 1.29 is 39.9 Å². The second-order valence-electron chi connectivity index (χ2n) is 7.44. The first-order chi connectivity index (χ1) is 15.8. The first kappa shape index (κ1) is 25.5. The molecule has 34 heavy (non-hydrogen) atoms. The van der Waals surface area contributed by atoms with E-state index in [2.05, 4.69) is 4.72 Å². The van der Waals surface area contributed by atoms with Crippen molar-refractivity contribution in [3.8, 4) is 6.07 Å². The van der Waals surface area contributed by atoms with Crippen molar-refractivity contribution in [1.29, 1.82) is 5.26 Å². The second-order valence-corrected chi connectivity index (χ2v) is 11.1. The van der Waals surface area contributed by atoms with E-state index in [9.17, 15) is 39.9 Å². The number of piperidine rings is 1. The van der Waals surface area contributed by atoms with Crippen LogP contribution in [0.2, 0.25) is 0 Å². The Hall–Kier alpha value is -3.15. The van der Waals surface area contributed by atoms with Crippen LogP contribution in [0.4, 0.5) is 18.0 Å². The maximum Gasteiger partial charge on any atom is 0.417 e. The number of nitrogens with one attached hydrogen (secondary N) is 1. The molecule has 0 atom stereocenters. The molecular weight excluding hydrogens is 499 g/mol. The third-order valence-corrected chi connectivity index (χ3v) is 8.55. The number of benzene rings is 2. The lowest BCUT2D eigenvalue weighted by atomic mass is 10.1. The highest BCUT2D eigenvalue weighted by atomic mass is 32.2. The molecule has 1 N–H and O–H groups in total. The number of amides is 1. The Morgan fingerprint density at radius 3 is 2.09 bits per heavy atom. The number of nitrogens with zero attached hydrogens (tertiary/aromatic N) is 2. The van der Waals surface area contributed by atoms with Gasteiger partial charge in [-0.15, -0.1) is 0 Å². The van der Waals surface area contributed by atoms with Gasteiger partial charge in [0.1, 0.15) is 6.09 Å². The summed E-state index contributed by atoms with van der Waals surface area (Å²) in [5.41, 5.74) is -1.39. The summed E-state index contributed by atoms with van der Waals surface area (Å²) >= 11 is 0. The lowest BCUT2D eigenvalue weighted by Gasteiger charge is -2.33. The minimum atomic E-state index is -5.10. The van der Waals surface area contributed by atoms with Crippen LogP contribution < -0.4 is 9.83 Å². The number of sulfone groups is 1. The molecule has 1 heterocycles. The minimum absolute atomic E-state index is 0.00219. The molecule has 1 aliphatic heterocycles. The lowest BCUT2D eigenvalue weighted by molar-refractivity contribution is -0.266. The third-order valence-electron chi connectivity index (χ3n) is 5.23. The first-order valence-corrected chi connectivity index (χ1v) is 12.7. The van der Waals surface area contributed by atoms with Gasteiger partial charge in [-0.05, 0) is 55.3 Å². The molecule has 1 aliphatic rings. The largest absolute Gasteiger partial charge is 0.530 e. The Kier molecular flexibility index (Phi) is 6.92. The quantitative estimate of drug-likeness (QED) is 0.633. The van der Waals surface area contributed by atoms with Gasteiger partial charge in [-0.1, -0.05) is 0 Å². The van der Waals surface area contributed by atoms with Gasteiger partial charge < -0.3 is 14.8 Å². The van der Waals surface area contributed by atoms with Crippen molar-refractivity contribution >= 4 is 26.0 Å². The number of nitriles is 1. The number of alkyl halides is 3. The summed E-state index contributed by atoms with van der Waals surface area (Å²) in [6.07, 6.45) is -6.55. The zero-order valence-corrected chi connectivity index (χ0v) is 18.9. The zero-order valence-electron chi connectivity index (χ0n) is 17.2. The maximum absolute atomic E-state index is 13.6. The lowest BCUT2D eigenvalue weighted by Crippen LogP contribution is -2.50. The molecule has 0 aliphatic carbocycles. The van der Waals surface area contributed by atoms with E-state index in [0.29, 0.717) is 18.2 Å². The van der Waals surface area contributed by atoms with Crippen LogP contribution in [0.15, 0.2) is 57.2 Å². The summed E-state index contributed by atoms with van der Waals surface area (Å²) < 4.78 is 94.5. The van der Waals surface area contributed by atoms with Gasteiger partial charge in [0.2, 0.25) is 19.9 Å². The van der Waals surface area contributed by atoms with Crippen molar-refractivity contribution in [2.75, 3.05) is 13.1 Å². The van der Waals surface area contributed by atoms with E-state index in [1.807, 2.05) is 0 Å². The fraction of sp³-hybridized carbons (Fsp3) is 0.300. The summed E-state index contributed by atoms with van der Waals surface area (Å²) in [6.45, 7) is -0.149. The SMILES string of the molecule is N#Cc1ccc(S(=O)(=O)c2ccc(C(F)(F)F)c(S(=O)(=O)NC3CCN(C(=O)[O-])CC3)c2)cc1. The number of hydrogen-bond acceptors (Lipinski definition) is 7. The van der Waals surface area contributed by atoms with Gasteiger partial charge in [0.25, 0.3) is 0 Å². The van der Waals surface area contributed by atoms with E-state index in [4.69, 9.17) is 5.26 Å². The van der Waals surface area contributed by atoms with E-state index < -0.39 is 53.5 Å². The van der Waals surface area contributed by atoms with Crippen LogP contribution in [0.5, 0.6) is 0 Å². The number of carbonyl (C=O) groups is 1. The van der Waals surface area contributed by atoms with Gasteiger partial charge in [0.15, 0.2) is 0 Å². The molecular formula is C20H17F3N3O6S2-. The topological polar surface area (TPSA) is 147 Å². The van der Waals surface area contributed by atoms with Crippen molar-refractivity contribution in [3.05, 3.63) is 53.6 Å². The van der Waals surface area contributed by atoms with Gasteiger partial charge >= 0.3 is 6.18 Å². The number of hydrogen-bond donors (Lipinski definition) is 1. The van der Waals surface area contributed by atoms with E-state index in [1.165, 1.54) is 12.1 Å². The smallest absolute Gasteiger partial charge is 0.417 e. The van der Waals surface area contributed by atoms with Gasteiger partial charge in [0, 0.05) is 19.1 Å². The standard InChI is InChI=1S/C20H18F3N3O6S2/c21-20(22,23)17-6-5-16(33(29,30)15-3-1-13(12-24)2-4-15)11-18(17)34(31,32)25-14-7-9-26(10-8-14)19(27)28/h1-6,11,14,25H,7-10H2,(H,27,28)/p-1.